The molecule has 0 saturated carbocycles. The lowest BCUT2D eigenvalue weighted by molar-refractivity contribution is 0.932. The van der Waals surface area contributed by atoms with E-state index < -0.39 is 0 Å². The van der Waals surface area contributed by atoms with Gasteiger partial charge in [0.05, 0.1) is 11.4 Å². The molecule has 78 valence electrons. The van der Waals surface area contributed by atoms with Gasteiger partial charge in [-0.25, -0.2) is 9.97 Å². The largest absolute Gasteiger partial charge is 0.360 e. The fraction of sp³-hybridized carbons (Fsp3) is 0.273. The summed E-state index contributed by atoms with van der Waals surface area (Å²) in [7, 11) is 0. The van der Waals surface area contributed by atoms with E-state index in [2.05, 4.69) is 15.0 Å². The summed E-state index contributed by atoms with van der Waals surface area (Å²) in [5.41, 5.74) is 2.78. The predicted molar refractivity (Wildman–Crippen MR) is 60.9 cm³/mol. The lowest BCUT2D eigenvalue weighted by atomic mass is 10.2. The molecule has 15 heavy (non-hydrogen) atoms. The van der Waals surface area contributed by atoms with Crippen LogP contribution in [0.15, 0.2) is 18.3 Å². The predicted octanol–water partition coefficient (Wildman–Crippen LogP) is 3.00. The van der Waals surface area contributed by atoms with E-state index >= 15 is 0 Å². The van der Waals surface area contributed by atoms with Gasteiger partial charge in [-0.05, 0) is 19.1 Å². The van der Waals surface area contributed by atoms with Gasteiger partial charge >= 0.3 is 0 Å². The molecule has 0 aliphatic rings. The van der Waals surface area contributed by atoms with Gasteiger partial charge in [-0.3, -0.25) is 0 Å². The minimum atomic E-state index is 0.534. The van der Waals surface area contributed by atoms with Crippen molar-refractivity contribution in [1.82, 2.24) is 15.0 Å². The van der Waals surface area contributed by atoms with Crippen LogP contribution in [0.4, 0.5) is 0 Å². The zero-order valence-corrected chi connectivity index (χ0v) is 9.47. The Bertz CT molecular complexity index is 463. The number of nitrogens with one attached hydrogen (secondary N) is 1. The third-order valence-corrected chi connectivity index (χ3v) is 2.67. The number of aromatic nitrogens is 3. The van der Waals surface area contributed by atoms with Gasteiger partial charge in [-0.2, -0.15) is 0 Å². The molecular weight excluding hydrogens is 210 g/mol. The molecule has 2 aromatic heterocycles. The summed E-state index contributed by atoms with van der Waals surface area (Å²) in [6, 6.07) is 3.92. The van der Waals surface area contributed by atoms with E-state index in [0.717, 1.165) is 29.2 Å². The Labute approximate surface area is 93.5 Å². The number of H-pyrrole nitrogens is 1. The van der Waals surface area contributed by atoms with E-state index in [9.17, 15) is 0 Å². The summed E-state index contributed by atoms with van der Waals surface area (Å²) >= 11 is 6.05. The molecule has 0 saturated heterocycles. The van der Waals surface area contributed by atoms with Gasteiger partial charge in [-0.15, -0.1) is 0 Å². The molecule has 0 aliphatic carbocycles. The van der Waals surface area contributed by atoms with Gasteiger partial charge in [0.2, 0.25) is 0 Å². The van der Waals surface area contributed by atoms with Crippen molar-refractivity contribution in [3.05, 3.63) is 34.9 Å². The van der Waals surface area contributed by atoms with Crippen molar-refractivity contribution in [2.75, 3.05) is 0 Å². The molecule has 0 radical (unpaired) electrons. The van der Waals surface area contributed by atoms with Crippen LogP contribution in [-0.2, 0) is 6.42 Å². The maximum absolute atomic E-state index is 6.05. The van der Waals surface area contributed by atoms with Crippen molar-refractivity contribution in [3.63, 3.8) is 0 Å². The van der Waals surface area contributed by atoms with Crippen molar-refractivity contribution < 1.29 is 0 Å². The van der Waals surface area contributed by atoms with E-state index in [1.54, 1.807) is 0 Å². The molecule has 2 heterocycles. The number of rotatable bonds is 2. The highest BCUT2D eigenvalue weighted by molar-refractivity contribution is 6.30. The summed E-state index contributed by atoms with van der Waals surface area (Å²) in [6.45, 7) is 3.94. The molecule has 1 N–H and O–H groups in total. The summed E-state index contributed by atoms with van der Waals surface area (Å²) in [4.78, 5) is 11.8. The van der Waals surface area contributed by atoms with Crippen molar-refractivity contribution in [1.29, 1.82) is 0 Å². The minimum absolute atomic E-state index is 0.534. The van der Waals surface area contributed by atoms with Gasteiger partial charge in [0.1, 0.15) is 11.0 Å². The SMILES string of the molecule is CCc1nc(Cl)c(C)c(-c2ccc[nH]2)n1. The average molecular weight is 222 g/mol. The van der Waals surface area contributed by atoms with E-state index in [-0.39, 0.29) is 0 Å². The van der Waals surface area contributed by atoms with Crippen LogP contribution in [0.2, 0.25) is 5.15 Å². The van der Waals surface area contributed by atoms with Gasteiger partial charge in [0, 0.05) is 18.2 Å². The Morgan fingerprint density at radius 2 is 2.20 bits per heavy atom. The zero-order chi connectivity index (χ0) is 10.8. The van der Waals surface area contributed by atoms with Crippen molar-refractivity contribution in [2.45, 2.75) is 20.3 Å². The van der Waals surface area contributed by atoms with Gasteiger partial charge < -0.3 is 4.98 Å². The molecule has 0 aromatic carbocycles. The molecule has 4 heteroatoms. The highest BCUT2D eigenvalue weighted by Crippen LogP contribution is 2.24. The fourth-order valence-electron chi connectivity index (χ4n) is 1.43. The molecule has 0 atom stereocenters. The van der Waals surface area contributed by atoms with Gasteiger partial charge in [-0.1, -0.05) is 18.5 Å². The zero-order valence-electron chi connectivity index (χ0n) is 8.71. The summed E-state index contributed by atoms with van der Waals surface area (Å²) in [5, 5.41) is 0.534. The molecule has 0 aliphatic heterocycles. The van der Waals surface area contributed by atoms with Crippen LogP contribution >= 0.6 is 11.6 Å². The highest BCUT2D eigenvalue weighted by Gasteiger charge is 2.10. The Morgan fingerprint density at radius 1 is 1.40 bits per heavy atom. The van der Waals surface area contributed by atoms with E-state index in [1.807, 2.05) is 32.2 Å². The third kappa shape index (κ3) is 1.88. The summed E-state index contributed by atoms with van der Waals surface area (Å²) < 4.78 is 0. The lowest BCUT2D eigenvalue weighted by Crippen LogP contribution is -1.99. The monoisotopic (exact) mass is 221 g/mol. The highest BCUT2D eigenvalue weighted by atomic mass is 35.5. The Kier molecular flexibility index (Phi) is 2.73. The van der Waals surface area contributed by atoms with Crippen LogP contribution in [-0.4, -0.2) is 15.0 Å². The number of halogens is 1. The molecule has 2 aromatic rings. The first kappa shape index (κ1) is 10.2. The number of aromatic amines is 1. The lowest BCUT2D eigenvalue weighted by Gasteiger charge is -2.06. The van der Waals surface area contributed by atoms with E-state index in [0.29, 0.717) is 5.15 Å². The molecule has 3 nitrogen and oxygen atoms in total. The van der Waals surface area contributed by atoms with Crippen molar-refractivity contribution in [2.24, 2.45) is 0 Å². The van der Waals surface area contributed by atoms with Crippen LogP contribution in [0.1, 0.15) is 18.3 Å². The van der Waals surface area contributed by atoms with Crippen molar-refractivity contribution >= 4 is 11.6 Å². The molecule has 0 bridgehead atoms. The Morgan fingerprint density at radius 3 is 2.80 bits per heavy atom. The van der Waals surface area contributed by atoms with Crippen LogP contribution in [0.25, 0.3) is 11.4 Å². The number of hydrogen-bond donors (Lipinski definition) is 1. The molecule has 0 amide bonds. The number of nitrogens with zero attached hydrogens (tertiary/aromatic N) is 2. The second-order valence-corrected chi connectivity index (χ2v) is 3.70. The maximum Gasteiger partial charge on any atom is 0.136 e. The van der Waals surface area contributed by atoms with Crippen LogP contribution < -0.4 is 0 Å². The second kappa shape index (κ2) is 4.03. The number of hydrogen-bond acceptors (Lipinski definition) is 2. The van der Waals surface area contributed by atoms with Crippen LogP contribution in [0, 0.1) is 6.92 Å². The van der Waals surface area contributed by atoms with Crippen LogP contribution in [0.3, 0.4) is 0 Å². The van der Waals surface area contributed by atoms with Crippen molar-refractivity contribution in [3.8, 4) is 11.4 Å². The quantitative estimate of drug-likeness (QED) is 0.793. The normalized spacial score (nSPS) is 10.6. The average Bonchev–Trinajstić information content (AvgIpc) is 2.75. The third-order valence-electron chi connectivity index (χ3n) is 2.30. The minimum Gasteiger partial charge on any atom is -0.360 e. The van der Waals surface area contributed by atoms with E-state index in [4.69, 9.17) is 11.6 Å². The second-order valence-electron chi connectivity index (χ2n) is 3.34. The smallest absolute Gasteiger partial charge is 0.136 e. The molecule has 2 rings (SSSR count). The standard InChI is InChI=1S/C11H12ClN3/c1-3-9-14-10(7(2)11(12)15-9)8-5-4-6-13-8/h4-6,13H,3H2,1-2H3. The molecule has 0 fully saturated rings. The van der Waals surface area contributed by atoms with Gasteiger partial charge in [0.25, 0.3) is 0 Å². The molecule has 0 spiro atoms. The first-order chi connectivity index (χ1) is 7.22. The molecule has 0 unspecified atom stereocenters. The fourth-order valence-corrected chi connectivity index (χ4v) is 1.62. The summed E-state index contributed by atoms with van der Waals surface area (Å²) in [6.07, 6.45) is 2.66. The first-order valence-electron chi connectivity index (χ1n) is 4.89. The molecular formula is C11H12ClN3. The maximum atomic E-state index is 6.05. The number of aryl methyl sites for hydroxylation is 1. The van der Waals surface area contributed by atoms with Gasteiger partial charge in [0.15, 0.2) is 0 Å². The summed E-state index contributed by atoms with van der Waals surface area (Å²) in [5.74, 6) is 0.773. The first-order valence-corrected chi connectivity index (χ1v) is 5.27. The van der Waals surface area contributed by atoms with Crippen LogP contribution in [0.5, 0.6) is 0 Å². The van der Waals surface area contributed by atoms with E-state index in [1.165, 1.54) is 0 Å². The Balaban J connectivity index is 2.60. The Hall–Kier alpha value is -1.35. The topological polar surface area (TPSA) is 41.6 Å².